The normalized spacial score (nSPS) is 11.5. The molecule has 2 rings (SSSR count). The number of benzene rings is 2. The monoisotopic (exact) mass is 376 g/mol. The molecule has 0 unspecified atom stereocenters. The minimum atomic E-state index is -0.957. The first-order chi connectivity index (χ1) is 10.8. The molecule has 0 bridgehead atoms. The van der Waals surface area contributed by atoms with Crippen molar-refractivity contribution >= 4 is 29.9 Å². The third kappa shape index (κ3) is 4.14. The number of carbonyl (C=O) groups is 1. The minimum Gasteiger partial charge on any atom is -0.453 e. The quantitative estimate of drug-likeness (QED) is 0.814. The molecule has 0 fully saturated rings. The van der Waals surface area contributed by atoms with Gasteiger partial charge < -0.3 is 16.2 Å². The van der Waals surface area contributed by atoms with Crippen molar-refractivity contribution in [2.45, 2.75) is 19.4 Å². The van der Waals surface area contributed by atoms with Gasteiger partial charge in [0, 0.05) is 11.6 Å². The maximum atomic E-state index is 14.5. The zero-order valence-corrected chi connectivity index (χ0v) is 14.3. The largest absolute Gasteiger partial charge is 0.453 e. The first kappa shape index (κ1) is 20.2. The number of nitrogens with two attached hydrogens (primary N) is 2. The summed E-state index contributed by atoms with van der Waals surface area (Å²) < 4.78 is 33.4. The van der Waals surface area contributed by atoms with Gasteiger partial charge in [-0.15, -0.1) is 12.4 Å². The molecule has 0 heterocycles. The van der Waals surface area contributed by atoms with Gasteiger partial charge in [-0.3, -0.25) is 4.79 Å². The van der Waals surface area contributed by atoms with Crippen molar-refractivity contribution in [2.24, 2.45) is 11.5 Å². The molecule has 0 aliphatic rings. The predicted molar refractivity (Wildman–Crippen MR) is 90.9 cm³/mol. The van der Waals surface area contributed by atoms with Crippen LogP contribution < -0.4 is 16.2 Å². The van der Waals surface area contributed by atoms with E-state index in [0.29, 0.717) is 6.42 Å². The number of hydrogen-bond donors (Lipinski definition) is 2. The number of halogens is 4. The van der Waals surface area contributed by atoms with Crippen LogP contribution in [-0.2, 0) is 0 Å². The highest BCUT2D eigenvalue weighted by Crippen LogP contribution is 2.36. The summed E-state index contributed by atoms with van der Waals surface area (Å²) in [6.07, 6.45) is 0.528. The van der Waals surface area contributed by atoms with E-state index in [1.165, 1.54) is 18.2 Å². The average Bonchev–Trinajstić information content (AvgIpc) is 2.52. The highest BCUT2D eigenvalue weighted by molar-refractivity contribution is 6.32. The molecule has 0 saturated heterocycles. The molecule has 0 aliphatic heterocycles. The molecule has 0 aromatic heterocycles. The lowest BCUT2D eigenvalue weighted by Gasteiger charge is -2.15. The first-order valence-corrected chi connectivity index (χ1v) is 7.23. The van der Waals surface area contributed by atoms with Gasteiger partial charge in [0.2, 0.25) is 0 Å². The zero-order valence-electron chi connectivity index (χ0n) is 12.7. The fourth-order valence-corrected chi connectivity index (χ4v) is 2.21. The van der Waals surface area contributed by atoms with E-state index < -0.39 is 23.6 Å². The van der Waals surface area contributed by atoms with E-state index in [4.69, 9.17) is 27.8 Å². The average molecular weight is 377 g/mol. The van der Waals surface area contributed by atoms with Crippen molar-refractivity contribution in [3.63, 3.8) is 0 Å². The summed E-state index contributed by atoms with van der Waals surface area (Å²) in [5, 5.41) is 0.0273. The van der Waals surface area contributed by atoms with Gasteiger partial charge in [0.15, 0.2) is 11.6 Å². The third-order valence-corrected chi connectivity index (χ3v) is 3.64. The van der Waals surface area contributed by atoms with Crippen molar-refractivity contribution < 1.29 is 18.3 Å². The Labute approximate surface area is 149 Å². The Balaban J connectivity index is 0.00000288. The molecule has 0 saturated carbocycles. The second-order valence-corrected chi connectivity index (χ2v) is 5.31. The van der Waals surface area contributed by atoms with E-state index in [0.717, 1.165) is 12.1 Å². The van der Waals surface area contributed by atoms with Crippen LogP contribution in [0.1, 0.15) is 35.3 Å². The number of primary amides is 1. The van der Waals surface area contributed by atoms with Crippen LogP contribution in [-0.4, -0.2) is 5.91 Å². The molecule has 0 radical (unpaired) electrons. The van der Waals surface area contributed by atoms with Gasteiger partial charge in [-0.1, -0.05) is 24.6 Å². The third-order valence-electron chi connectivity index (χ3n) is 3.34. The first-order valence-electron chi connectivity index (χ1n) is 6.85. The molecule has 4 nitrogen and oxygen atoms in total. The van der Waals surface area contributed by atoms with Crippen molar-refractivity contribution in [2.75, 3.05) is 0 Å². The Morgan fingerprint density at radius 1 is 1.29 bits per heavy atom. The van der Waals surface area contributed by atoms with E-state index in [-0.39, 0.29) is 40.1 Å². The maximum Gasteiger partial charge on any atom is 0.251 e. The van der Waals surface area contributed by atoms with Crippen LogP contribution in [0, 0.1) is 11.6 Å². The number of amides is 1. The van der Waals surface area contributed by atoms with Gasteiger partial charge in [0.1, 0.15) is 11.6 Å². The van der Waals surface area contributed by atoms with Crippen LogP contribution in [0.25, 0.3) is 0 Å². The summed E-state index contributed by atoms with van der Waals surface area (Å²) in [6.45, 7) is 1.82. The standard InChI is InChI=1S/C16H15ClF2N2O2.ClH/c1-2-13(20)9-4-5-11(17)15(14(9)19)23-8-3-6-12(18)10(7-8)16(21)22;/h3-7,13H,2,20H2,1H3,(H2,21,22);1H/t13-;/m1./s1. The molecule has 0 aliphatic carbocycles. The summed E-state index contributed by atoms with van der Waals surface area (Å²) >= 11 is 5.96. The van der Waals surface area contributed by atoms with E-state index >= 15 is 0 Å². The Morgan fingerprint density at radius 3 is 2.54 bits per heavy atom. The van der Waals surface area contributed by atoms with E-state index in [2.05, 4.69) is 0 Å². The highest BCUT2D eigenvalue weighted by Gasteiger charge is 2.19. The molecular weight excluding hydrogens is 361 g/mol. The predicted octanol–water partition coefficient (Wildman–Crippen LogP) is 4.34. The lowest BCUT2D eigenvalue weighted by atomic mass is 10.0. The van der Waals surface area contributed by atoms with Crippen LogP contribution in [0.2, 0.25) is 5.02 Å². The summed E-state index contributed by atoms with van der Waals surface area (Å²) in [6, 6.07) is 5.76. The van der Waals surface area contributed by atoms with Gasteiger partial charge >= 0.3 is 0 Å². The summed E-state index contributed by atoms with van der Waals surface area (Å²) in [5.41, 5.74) is 10.8. The Hall–Kier alpha value is -1.89. The Kier molecular flexibility index (Phi) is 6.95. The number of rotatable bonds is 5. The van der Waals surface area contributed by atoms with Crippen LogP contribution in [0.5, 0.6) is 11.5 Å². The molecule has 4 N–H and O–H groups in total. The molecule has 0 spiro atoms. The van der Waals surface area contributed by atoms with Crippen molar-refractivity contribution in [1.82, 2.24) is 0 Å². The SMILES string of the molecule is CC[C@@H](N)c1ccc(Cl)c(Oc2ccc(F)c(C(N)=O)c2)c1F.Cl. The molecule has 24 heavy (non-hydrogen) atoms. The number of carbonyl (C=O) groups excluding carboxylic acids is 1. The van der Waals surface area contributed by atoms with Gasteiger partial charge in [-0.25, -0.2) is 8.78 Å². The second kappa shape index (κ2) is 8.28. The maximum absolute atomic E-state index is 14.5. The van der Waals surface area contributed by atoms with Crippen LogP contribution in [0.4, 0.5) is 8.78 Å². The van der Waals surface area contributed by atoms with Crippen molar-refractivity contribution in [3.05, 3.63) is 58.1 Å². The molecule has 2 aromatic carbocycles. The number of ether oxygens (including phenoxy) is 1. The lowest BCUT2D eigenvalue weighted by Crippen LogP contribution is -2.13. The van der Waals surface area contributed by atoms with Gasteiger partial charge in [-0.2, -0.15) is 0 Å². The molecule has 1 amide bonds. The summed E-state index contributed by atoms with van der Waals surface area (Å²) in [5.74, 6) is -2.66. The molecule has 2 aromatic rings. The van der Waals surface area contributed by atoms with Gasteiger partial charge in [-0.05, 0) is 30.7 Å². The van der Waals surface area contributed by atoms with Gasteiger partial charge in [0.05, 0.1) is 10.6 Å². The fraction of sp³-hybridized carbons (Fsp3) is 0.188. The second-order valence-electron chi connectivity index (χ2n) is 4.90. The van der Waals surface area contributed by atoms with Crippen molar-refractivity contribution in [3.8, 4) is 11.5 Å². The topological polar surface area (TPSA) is 78.3 Å². The van der Waals surface area contributed by atoms with Crippen LogP contribution >= 0.6 is 24.0 Å². The summed E-state index contributed by atoms with van der Waals surface area (Å²) in [4.78, 5) is 11.2. The molecule has 8 heteroatoms. The van der Waals surface area contributed by atoms with E-state index in [9.17, 15) is 13.6 Å². The van der Waals surface area contributed by atoms with E-state index in [1.807, 2.05) is 6.92 Å². The molecule has 130 valence electrons. The van der Waals surface area contributed by atoms with Crippen molar-refractivity contribution in [1.29, 1.82) is 0 Å². The Morgan fingerprint density at radius 2 is 1.96 bits per heavy atom. The molecular formula is C16H16Cl2F2N2O2. The zero-order chi connectivity index (χ0) is 17.1. The minimum absolute atomic E-state index is 0. The number of hydrogen-bond acceptors (Lipinski definition) is 3. The van der Waals surface area contributed by atoms with Gasteiger partial charge in [0.25, 0.3) is 5.91 Å². The lowest BCUT2D eigenvalue weighted by molar-refractivity contribution is 0.0996. The summed E-state index contributed by atoms with van der Waals surface area (Å²) in [7, 11) is 0. The fourth-order valence-electron chi connectivity index (χ4n) is 2.02. The molecule has 1 atom stereocenters. The highest BCUT2D eigenvalue weighted by atomic mass is 35.5. The smallest absolute Gasteiger partial charge is 0.251 e. The Bertz CT molecular complexity index is 757. The van der Waals surface area contributed by atoms with Crippen LogP contribution in [0.15, 0.2) is 30.3 Å². The van der Waals surface area contributed by atoms with E-state index in [1.54, 1.807) is 0 Å². The van der Waals surface area contributed by atoms with Crippen LogP contribution in [0.3, 0.4) is 0 Å².